The van der Waals surface area contributed by atoms with Gasteiger partial charge in [0.15, 0.2) is 11.6 Å². The summed E-state index contributed by atoms with van der Waals surface area (Å²) in [5.74, 6) is 2.84. The predicted octanol–water partition coefficient (Wildman–Crippen LogP) is 1.99. The Labute approximate surface area is 214 Å². The highest BCUT2D eigenvalue weighted by Crippen LogP contribution is 2.21. The van der Waals surface area contributed by atoms with Gasteiger partial charge in [0, 0.05) is 65.5 Å². The average molecular weight is 495 g/mol. The number of aromatic nitrogens is 2. The van der Waals surface area contributed by atoms with Crippen molar-refractivity contribution in [1.82, 2.24) is 20.0 Å². The van der Waals surface area contributed by atoms with Gasteiger partial charge in [-0.2, -0.15) is 0 Å². The standard InChI is InChI=1S/C27H38N6O3/c1-21-18-22(5-6-24(21)35-2)19-27(34)33-15-13-32(14-16-33)26-8-7-25(28-29-26)31-11-9-30(10-12-31)20-23-4-3-17-36-23/h5-8,18,23H,3-4,9-17,19-20H2,1-2H3. The van der Waals surface area contributed by atoms with E-state index in [1.54, 1.807) is 7.11 Å². The lowest BCUT2D eigenvalue weighted by Gasteiger charge is -2.37. The van der Waals surface area contributed by atoms with Crippen molar-refractivity contribution in [2.45, 2.75) is 32.3 Å². The zero-order chi connectivity index (χ0) is 24.9. The topological polar surface area (TPSA) is 74.3 Å². The molecule has 1 aromatic heterocycles. The molecule has 0 saturated carbocycles. The van der Waals surface area contributed by atoms with Gasteiger partial charge in [0.25, 0.3) is 0 Å². The predicted molar refractivity (Wildman–Crippen MR) is 140 cm³/mol. The number of piperazine rings is 2. The van der Waals surface area contributed by atoms with Gasteiger partial charge in [-0.25, -0.2) is 0 Å². The molecule has 1 aromatic carbocycles. The van der Waals surface area contributed by atoms with Gasteiger partial charge in [0.1, 0.15) is 5.75 Å². The van der Waals surface area contributed by atoms with E-state index in [1.807, 2.05) is 30.0 Å². The molecule has 1 atom stereocenters. The van der Waals surface area contributed by atoms with Gasteiger partial charge in [-0.15, -0.1) is 10.2 Å². The molecule has 3 fully saturated rings. The van der Waals surface area contributed by atoms with Crippen LogP contribution in [0, 0.1) is 6.92 Å². The van der Waals surface area contributed by atoms with Crippen molar-refractivity contribution < 1.29 is 14.3 Å². The fraction of sp³-hybridized carbons (Fsp3) is 0.593. The van der Waals surface area contributed by atoms with Crippen molar-refractivity contribution in [1.29, 1.82) is 0 Å². The summed E-state index contributed by atoms with van der Waals surface area (Å²) in [5.41, 5.74) is 2.07. The molecule has 2 aromatic rings. The molecular weight excluding hydrogens is 456 g/mol. The molecule has 36 heavy (non-hydrogen) atoms. The number of carbonyl (C=O) groups excluding carboxylic acids is 1. The zero-order valence-electron chi connectivity index (χ0n) is 21.6. The summed E-state index contributed by atoms with van der Waals surface area (Å²) in [6, 6.07) is 10.1. The Hall–Kier alpha value is -2.91. The first kappa shape index (κ1) is 24.8. The molecular formula is C27H38N6O3. The summed E-state index contributed by atoms with van der Waals surface area (Å²) in [4.78, 5) is 21.8. The number of rotatable bonds is 7. The molecule has 1 unspecified atom stereocenters. The van der Waals surface area contributed by atoms with Crippen LogP contribution < -0.4 is 14.5 Å². The minimum Gasteiger partial charge on any atom is -0.496 e. The van der Waals surface area contributed by atoms with E-state index < -0.39 is 0 Å². The van der Waals surface area contributed by atoms with Crippen LogP contribution in [0.3, 0.4) is 0 Å². The van der Waals surface area contributed by atoms with E-state index in [0.29, 0.717) is 25.6 Å². The highest BCUT2D eigenvalue weighted by molar-refractivity contribution is 5.79. The van der Waals surface area contributed by atoms with Gasteiger partial charge >= 0.3 is 0 Å². The number of anilines is 2. The van der Waals surface area contributed by atoms with Gasteiger partial charge in [0.2, 0.25) is 5.91 Å². The van der Waals surface area contributed by atoms with E-state index >= 15 is 0 Å². The van der Waals surface area contributed by atoms with Gasteiger partial charge < -0.3 is 24.2 Å². The van der Waals surface area contributed by atoms with Gasteiger partial charge in [-0.1, -0.05) is 12.1 Å². The van der Waals surface area contributed by atoms with Crippen LogP contribution in [-0.4, -0.2) is 105 Å². The van der Waals surface area contributed by atoms with Crippen LogP contribution in [0.4, 0.5) is 11.6 Å². The normalized spacial score (nSPS) is 21.2. The molecule has 1 amide bonds. The first-order chi connectivity index (χ1) is 17.6. The van der Waals surface area contributed by atoms with Crippen LogP contribution in [-0.2, 0) is 16.0 Å². The number of hydrogen-bond donors (Lipinski definition) is 0. The Balaban J connectivity index is 1.07. The van der Waals surface area contributed by atoms with Crippen molar-refractivity contribution in [2.75, 3.05) is 82.4 Å². The minimum atomic E-state index is 0.166. The van der Waals surface area contributed by atoms with Gasteiger partial charge in [0.05, 0.1) is 19.6 Å². The van der Waals surface area contributed by atoms with Crippen molar-refractivity contribution in [3.8, 4) is 5.75 Å². The van der Waals surface area contributed by atoms with E-state index in [9.17, 15) is 4.79 Å². The Morgan fingerprint density at radius 1 is 0.972 bits per heavy atom. The molecule has 9 nitrogen and oxygen atoms in total. The quantitative estimate of drug-likeness (QED) is 0.579. The zero-order valence-corrected chi connectivity index (χ0v) is 21.6. The van der Waals surface area contributed by atoms with Crippen molar-refractivity contribution in [3.63, 3.8) is 0 Å². The molecule has 194 valence electrons. The van der Waals surface area contributed by atoms with Crippen LogP contribution >= 0.6 is 0 Å². The number of methoxy groups -OCH3 is 1. The lowest BCUT2D eigenvalue weighted by molar-refractivity contribution is -0.130. The first-order valence-corrected chi connectivity index (χ1v) is 13.2. The molecule has 0 bridgehead atoms. The summed E-state index contributed by atoms with van der Waals surface area (Å²) in [6.45, 7) is 10.9. The van der Waals surface area contributed by atoms with Crippen LogP contribution in [0.15, 0.2) is 30.3 Å². The van der Waals surface area contributed by atoms with Gasteiger partial charge in [-0.05, 0) is 49.1 Å². The molecule has 0 N–H and O–H groups in total. The van der Waals surface area contributed by atoms with Gasteiger partial charge in [-0.3, -0.25) is 9.69 Å². The van der Waals surface area contributed by atoms with Crippen LogP contribution in [0.25, 0.3) is 0 Å². The Bertz CT molecular complexity index is 1010. The maximum atomic E-state index is 12.8. The average Bonchev–Trinajstić information content (AvgIpc) is 3.43. The Morgan fingerprint density at radius 3 is 2.19 bits per heavy atom. The number of ether oxygens (including phenoxy) is 2. The Morgan fingerprint density at radius 2 is 1.64 bits per heavy atom. The second kappa shape index (κ2) is 11.4. The third kappa shape index (κ3) is 5.90. The second-order valence-electron chi connectivity index (χ2n) is 10.0. The largest absolute Gasteiger partial charge is 0.496 e. The lowest BCUT2D eigenvalue weighted by atomic mass is 10.1. The number of nitrogens with zero attached hydrogens (tertiary/aromatic N) is 6. The summed E-state index contributed by atoms with van der Waals surface area (Å²) >= 11 is 0. The maximum Gasteiger partial charge on any atom is 0.227 e. The van der Waals surface area contributed by atoms with E-state index in [2.05, 4.69) is 37.0 Å². The molecule has 5 rings (SSSR count). The fourth-order valence-electron chi connectivity index (χ4n) is 5.41. The third-order valence-electron chi connectivity index (χ3n) is 7.59. The SMILES string of the molecule is COc1ccc(CC(=O)N2CCN(c3ccc(N4CCN(CC5CCCO5)CC4)nn3)CC2)cc1C. The lowest BCUT2D eigenvalue weighted by Crippen LogP contribution is -2.49. The molecule has 9 heteroatoms. The molecule has 0 aliphatic carbocycles. The smallest absolute Gasteiger partial charge is 0.227 e. The van der Waals surface area contributed by atoms with E-state index in [1.165, 1.54) is 12.8 Å². The highest BCUT2D eigenvalue weighted by atomic mass is 16.5. The van der Waals surface area contributed by atoms with Crippen molar-refractivity contribution in [2.24, 2.45) is 0 Å². The third-order valence-corrected chi connectivity index (χ3v) is 7.59. The number of aryl methyl sites for hydroxylation is 1. The molecule has 4 heterocycles. The molecule has 3 aliphatic heterocycles. The van der Waals surface area contributed by atoms with Crippen LogP contribution in [0.2, 0.25) is 0 Å². The van der Waals surface area contributed by atoms with Crippen molar-refractivity contribution >= 4 is 17.5 Å². The highest BCUT2D eigenvalue weighted by Gasteiger charge is 2.25. The first-order valence-electron chi connectivity index (χ1n) is 13.2. The van der Waals surface area contributed by atoms with E-state index in [4.69, 9.17) is 9.47 Å². The van der Waals surface area contributed by atoms with E-state index in [0.717, 1.165) is 80.9 Å². The number of benzene rings is 1. The molecule has 0 radical (unpaired) electrons. The number of amides is 1. The van der Waals surface area contributed by atoms with E-state index in [-0.39, 0.29) is 5.91 Å². The summed E-state index contributed by atoms with van der Waals surface area (Å²) in [7, 11) is 1.67. The summed E-state index contributed by atoms with van der Waals surface area (Å²) in [5, 5.41) is 9.07. The number of hydrogen-bond acceptors (Lipinski definition) is 8. The minimum absolute atomic E-state index is 0.166. The molecule has 3 aliphatic rings. The summed E-state index contributed by atoms with van der Waals surface area (Å²) < 4.78 is 11.1. The van der Waals surface area contributed by atoms with Crippen LogP contribution in [0.5, 0.6) is 5.75 Å². The Kier molecular flexibility index (Phi) is 7.87. The monoisotopic (exact) mass is 494 g/mol. The maximum absolute atomic E-state index is 12.8. The second-order valence-corrected chi connectivity index (χ2v) is 10.0. The molecule has 0 spiro atoms. The van der Waals surface area contributed by atoms with Crippen LogP contribution in [0.1, 0.15) is 24.0 Å². The molecule has 3 saturated heterocycles. The number of carbonyl (C=O) groups is 1. The van der Waals surface area contributed by atoms with Crippen molar-refractivity contribution in [3.05, 3.63) is 41.5 Å². The summed E-state index contributed by atoms with van der Waals surface area (Å²) in [6.07, 6.45) is 3.22. The fourth-order valence-corrected chi connectivity index (χ4v) is 5.41.